The molecule has 2 aliphatic rings. The molecule has 0 saturated heterocycles. The summed E-state index contributed by atoms with van der Waals surface area (Å²) in [5.74, 6) is 1.44. The summed E-state index contributed by atoms with van der Waals surface area (Å²) in [6.07, 6.45) is 4.27. The molecule has 200 valence electrons. The summed E-state index contributed by atoms with van der Waals surface area (Å²) in [5.41, 5.74) is 0.493. The van der Waals surface area contributed by atoms with Crippen molar-refractivity contribution < 1.29 is 28.5 Å². The first-order valence-electron chi connectivity index (χ1n) is 12.9. The zero-order chi connectivity index (χ0) is 26.5. The van der Waals surface area contributed by atoms with Gasteiger partial charge >= 0.3 is 0 Å². The zero-order valence-corrected chi connectivity index (χ0v) is 22.4. The lowest BCUT2D eigenvalue weighted by atomic mass is 9.95. The summed E-state index contributed by atoms with van der Waals surface area (Å²) in [7, 11) is 3.09. The number of benzene rings is 2. The summed E-state index contributed by atoms with van der Waals surface area (Å²) in [6.45, 7) is 0.0288. The van der Waals surface area contributed by atoms with Crippen molar-refractivity contribution >= 4 is 28.8 Å². The molecular weight excluding hydrogens is 504 g/mol. The summed E-state index contributed by atoms with van der Waals surface area (Å²) < 4.78 is 22.9. The van der Waals surface area contributed by atoms with Crippen LogP contribution in [-0.2, 0) is 9.59 Å². The second-order valence-electron chi connectivity index (χ2n) is 9.37. The van der Waals surface area contributed by atoms with Gasteiger partial charge in [-0.15, -0.1) is 11.3 Å². The van der Waals surface area contributed by atoms with Gasteiger partial charge in [-0.1, -0.05) is 37.5 Å². The van der Waals surface area contributed by atoms with Crippen LogP contribution < -0.4 is 29.2 Å². The Morgan fingerprint density at radius 1 is 0.974 bits per heavy atom. The van der Waals surface area contributed by atoms with Crippen molar-refractivity contribution in [3.63, 3.8) is 0 Å². The number of para-hydroxylation sites is 2. The fourth-order valence-electron chi connectivity index (χ4n) is 5.02. The second-order valence-corrected chi connectivity index (χ2v) is 10.4. The van der Waals surface area contributed by atoms with E-state index in [1.807, 2.05) is 29.6 Å². The van der Waals surface area contributed by atoms with E-state index in [0.717, 1.165) is 30.6 Å². The largest absolute Gasteiger partial charge is 0.493 e. The number of hydrogen-bond donors (Lipinski definition) is 1. The average molecular weight is 537 g/mol. The van der Waals surface area contributed by atoms with Crippen LogP contribution in [-0.4, -0.2) is 44.8 Å². The van der Waals surface area contributed by atoms with Crippen LogP contribution in [0.15, 0.2) is 60.0 Å². The van der Waals surface area contributed by atoms with E-state index in [1.54, 1.807) is 37.4 Å². The van der Waals surface area contributed by atoms with E-state index in [1.165, 1.54) is 29.8 Å². The van der Waals surface area contributed by atoms with E-state index in [9.17, 15) is 9.59 Å². The van der Waals surface area contributed by atoms with Crippen LogP contribution in [0.3, 0.4) is 0 Å². The highest BCUT2D eigenvalue weighted by Crippen LogP contribution is 2.38. The molecule has 2 aromatic carbocycles. The van der Waals surface area contributed by atoms with E-state index in [4.69, 9.17) is 18.9 Å². The lowest BCUT2D eigenvalue weighted by Crippen LogP contribution is -2.52. The lowest BCUT2D eigenvalue weighted by molar-refractivity contribution is -0.132. The molecule has 1 N–H and O–H groups in total. The predicted octanol–water partition coefficient (Wildman–Crippen LogP) is 5.13. The maximum Gasteiger partial charge on any atom is 0.272 e. The number of nitrogens with zero attached hydrogens (tertiary/aromatic N) is 1. The van der Waals surface area contributed by atoms with Gasteiger partial charge in [0, 0.05) is 22.7 Å². The van der Waals surface area contributed by atoms with Crippen molar-refractivity contribution in [2.75, 3.05) is 25.7 Å². The molecule has 38 heavy (non-hydrogen) atoms. The Balaban J connectivity index is 1.55. The van der Waals surface area contributed by atoms with Gasteiger partial charge in [-0.05, 0) is 48.6 Å². The van der Waals surface area contributed by atoms with E-state index >= 15 is 0 Å². The van der Waals surface area contributed by atoms with Crippen molar-refractivity contribution in [1.29, 1.82) is 0 Å². The van der Waals surface area contributed by atoms with Gasteiger partial charge in [0.15, 0.2) is 23.0 Å². The van der Waals surface area contributed by atoms with Crippen molar-refractivity contribution in [2.45, 2.75) is 50.3 Å². The quantitative estimate of drug-likeness (QED) is 0.430. The smallest absolute Gasteiger partial charge is 0.272 e. The summed E-state index contributed by atoms with van der Waals surface area (Å²) >= 11 is 1.43. The predicted molar refractivity (Wildman–Crippen MR) is 145 cm³/mol. The van der Waals surface area contributed by atoms with Gasteiger partial charge < -0.3 is 24.3 Å². The minimum Gasteiger partial charge on any atom is -0.493 e. The van der Waals surface area contributed by atoms with Crippen LogP contribution in [0.2, 0.25) is 0 Å². The van der Waals surface area contributed by atoms with Gasteiger partial charge in [0.25, 0.3) is 5.91 Å². The topological polar surface area (TPSA) is 86.3 Å². The first kappa shape index (κ1) is 25.9. The molecule has 5 rings (SSSR count). The molecule has 0 radical (unpaired) electrons. The van der Waals surface area contributed by atoms with Crippen LogP contribution in [0.25, 0.3) is 0 Å². The number of methoxy groups -OCH3 is 2. The molecule has 0 unspecified atom stereocenters. The Bertz CT molecular complexity index is 1260. The van der Waals surface area contributed by atoms with Gasteiger partial charge in [0.1, 0.15) is 12.6 Å². The number of amides is 2. The third-order valence-corrected chi connectivity index (χ3v) is 7.86. The molecule has 3 aromatic rings. The molecule has 1 aliphatic heterocycles. The van der Waals surface area contributed by atoms with Crippen molar-refractivity contribution in [2.24, 2.45) is 0 Å². The number of thiophene rings is 1. The molecule has 8 nitrogen and oxygen atoms in total. The first-order valence-corrected chi connectivity index (χ1v) is 13.7. The number of anilines is 1. The Morgan fingerprint density at radius 2 is 1.74 bits per heavy atom. The number of nitrogens with one attached hydrogen (secondary N) is 1. The number of hydrogen-bond acceptors (Lipinski definition) is 7. The van der Waals surface area contributed by atoms with Crippen LogP contribution in [0.4, 0.5) is 5.69 Å². The second kappa shape index (κ2) is 11.8. The summed E-state index contributed by atoms with van der Waals surface area (Å²) in [6, 6.07) is 15.4. The highest BCUT2D eigenvalue weighted by molar-refractivity contribution is 7.10. The maximum atomic E-state index is 14.3. The monoisotopic (exact) mass is 536 g/mol. The van der Waals surface area contributed by atoms with E-state index in [2.05, 4.69) is 5.32 Å². The Labute approximate surface area is 226 Å². The fourth-order valence-corrected chi connectivity index (χ4v) is 5.84. The van der Waals surface area contributed by atoms with Gasteiger partial charge in [-0.2, -0.15) is 0 Å². The van der Waals surface area contributed by atoms with E-state index in [-0.39, 0.29) is 24.5 Å². The average Bonchev–Trinajstić information content (AvgIpc) is 3.49. The Kier molecular flexibility index (Phi) is 8.03. The molecule has 1 aliphatic carbocycles. The number of rotatable bonds is 8. The molecule has 0 bridgehead atoms. The number of carbonyl (C=O) groups excluding carboxylic acids is 2. The maximum absolute atomic E-state index is 14.3. The van der Waals surface area contributed by atoms with Crippen LogP contribution >= 0.6 is 11.3 Å². The Morgan fingerprint density at radius 3 is 2.45 bits per heavy atom. The third kappa shape index (κ3) is 5.43. The van der Waals surface area contributed by atoms with Gasteiger partial charge in [-0.3, -0.25) is 14.5 Å². The van der Waals surface area contributed by atoms with Crippen LogP contribution in [0, 0.1) is 0 Å². The third-order valence-electron chi connectivity index (χ3n) is 6.94. The molecule has 0 spiro atoms. The molecule has 2 atom stereocenters. The standard InChI is InChI=1S/C29H32N2O6S/c1-34-21-15-14-20(17-24(21)35-2)31(29(33)25-18-36-22-11-6-7-12-23(22)37-25)27(26-13-8-16-38-26)28(32)30-19-9-4-3-5-10-19/h6-8,11-17,19,25,27H,3-5,9-10,18H2,1-2H3,(H,30,32)/t25-,27+/m0/s1. The molecule has 2 heterocycles. The van der Waals surface area contributed by atoms with Gasteiger partial charge in [-0.25, -0.2) is 0 Å². The molecule has 1 fully saturated rings. The van der Waals surface area contributed by atoms with Crippen molar-refractivity contribution in [3.8, 4) is 23.0 Å². The first-order chi connectivity index (χ1) is 18.6. The van der Waals surface area contributed by atoms with E-state index in [0.29, 0.717) is 28.7 Å². The molecule has 1 saturated carbocycles. The number of ether oxygens (including phenoxy) is 4. The van der Waals surface area contributed by atoms with Crippen molar-refractivity contribution in [3.05, 3.63) is 64.9 Å². The van der Waals surface area contributed by atoms with Crippen LogP contribution in [0.5, 0.6) is 23.0 Å². The molecular formula is C29H32N2O6S. The normalized spacial score (nSPS) is 17.8. The number of carbonyl (C=O) groups is 2. The van der Waals surface area contributed by atoms with Crippen molar-refractivity contribution in [1.82, 2.24) is 5.32 Å². The Hall–Kier alpha value is -3.72. The highest BCUT2D eigenvalue weighted by Gasteiger charge is 2.40. The minimum atomic E-state index is -0.942. The number of fused-ring (bicyclic) bond motifs is 1. The van der Waals surface area contributed by atoms with Gasteiger partial charge in [0.05, 0.1) is 14.2 Å². The van der Waals surface area contributed by atoms with E-state index < -0.39 is 12.1 Å². The SMILES string of the molecule is COc1ccc(N(C(=O)[C@@H]2COc3ccccc3O2)[C@@H](C(=O)NC2CCCCC2)c2cccs2)cc1OC. The minimum absolute atomic E-state index is 0.0288. The van der Waals surface area contributed by atoms with Crippen LogP contribution in [0.1, 0.15) is 43.0 Å². The zero-order valence-electron chi connectivity index (χ0n) is 21.6. The highest BCUT2D eigenvalue weighted by atomic mass is 32.1. The fraction of sp³-hybridized carbons (Fsp3) is 0.379. The summed E-state index contributed by atoms with van der Waals surface area (Å²) in [5, 5.41) is 5.13. The molecule has 9 heteroatoms. The molecule has 1 aromatic heterocycles. The summed E-state index contributed by atoms with van der Waals surface area (Å²) in [4.78, 5) is 30.5. The lowest BCUT2D eigenvalue weighted by Gasteiger charge is -2.36. The molecule has 2 amide bonds. The van der Waals surface area contributed by atoms with Gasteiger partial charge in [0.2, 0.25) is 12.0 Å².